The fraction of sp³-hybridized carbons (Fsp3) is 0.318. The maximum absolute atomic E-state index is 6.30. The van der Waals surface area contributed by atoms with Crippen LogP contribution in [0.2, 0.25) is 0 Å². The fourth-order valence-corrected chi connectivity index (χ4v) is 3.87. The van der Waals surface area contributed by atoms with Crippen molar-refractivity contribution in [3.05, 3.63) is 65.0 Å². The molecule has 0 saturated heterocycles. The Hall–Kier alpha value is -2.75. The maximum Gasteiger partial charge on any atom is 0.130 e. The van der Waals surface area contributed by atoms with Gasteiger partial charge in [-0.05, 0) is 49.6 Å². The first-order chi connectivity index (χ1) is 12.6. The Kier molecular flexibility index (Phi) is 4.19. The van der Waals surface area contributed by atoms with E-state index in [2.05, 4.69) is 66.3 Å². The molecule has 4 rings (SSSR count). The highest BCUT2D eigenvalue weighted by Gasteiger charge is 2.26. The molecule has 3 aromatic rings. The first-order valence-corrected chi connectivity index (χ1v) is 9.17. The third-order valence-corrected chi connectivity index (χ3v) is 5.16. The van der Waals surface area contributed by atoms with Crippen LogP contribution in [0.25, 0.3) is 11.1 Å². The van der Waals surface area contributed by atoms with Gasteiger partial charge in [-0.15, -0.1) is 0 Å². The lowest BCUT2D eigenvalue weighted by Gasteiger charge is -2.34. The Balaban J connectivity index is 1.79. The average molecular weight is 347 g/mol. The number of fused-ring (bicyclic) bond motifs is 3. The van der Waals surface area contributed by atoms with E-state index in [9.17, 15) is 0 Å². The molecule has 0 atom stereocenters. The lowest BCUT2D eigenvalue weighted by atomic mass is 9.90. The quantitative estimate of drug-likeness (QED) is 0.690. The summed E-state index contributed by atoms with van der Waals surface area (Å²) >= 11 is 0. The van der Waals surface area contributed by atoms with Gasteiger partial charge in [-0.25, -0.2) is 0 Å². The molecule has 4 heteroatoms. The SMILES string of the molecule is CCN1Cc2ccccc2-c2c(OCc3cc(C)nn3C)ccc(C)c21. The van der Waals surface area contributed by atoms with Crippen LogP contribution in [-0.2, 0) is 20.2 Å². The predicted molar refractivity (Wildman–Crippen MR) is 106 cm³/mol. The second-order valence-corrected chi connectivity index (χ2v) is 6.96. The van der Waals surface area contributed by atoms with Gasteiger partial charge in [0.2, 0.25) is 0 Å². The average Bonchev–Trinajstić information content (AvgIpc) is 2.97. The van der Waals surface area contributed by atoms with Gasteiger partial charge in [-0.2, -0.15) is 5.10 Å². The largest absolute Gasteiger partial charge is 0.487 e. The normalized spacial score (nSPS) is 12.7. The Labute approximate surface area is 155 Å². The minimum Gasteiger partial charge on any atom is -0.487 e. The summed E-state index contributed by atoms with van der Waals surface area (Å²) in [6.07, 6.45) is 0. The molecule has 0 saturated carbocycles. The Bertz CT molecular complexity index is 958. The van der Waals surface area contributed by atoms with Crippen molar-refractivity contribution in [1.82, 2.24) is 9.78 Å². The second kappa shape index (κ2) is 6.52. The van der Waals surface area contributed by atoms with Crippen LogP contribution in [0.1, 0.15) is 29.4 Å². The summed E-state index contributed by atoms with van der Waals surface area (Å²) in [5.74, 6) is 0.940. The molecule has 0 bridgehead atoms. The molecule has 1 aliphatic rings. The van der Waals surface area contributed by atoms with Gasteiger partial charge in [-0.1, -0.05) is 30.3 Å². The summed E-state index contributed by atoms with van der Waals surface area (Å²) in [5.41, 5.74) is 8.53. The number of anilines is 1. The monoisotopic (exact) mass is 347 g/mol. The maximum atomic E-state index is 6.30. The molecule has 134 valence electrons. The van der Waals surface area contributed by atoms with Crippen LogP contribution in [0.15, 0.2) is 42.5 Å². The third kappa shape index (κ3) is 2.75. The number of hydrogen-bond donors (Lipinski definition) is 0. The lowest BCUT2D eigenvalue weighted by molar-refractivity contribution is 0.296. The molecular formula is C22H25N3O. The molecule has 2 heterocycles. The van der Waals surface area contributed by atoms with Gasteiger partial charge >= 0.3 is 0 Å². The third-order valence-electron chi connectivity index (χ3n) is 5.16. The van der Waals surface area contributed by atoms with Crippen molar-refractivity contribution in [2.75, 3.05) is 11.4 Å². The molecule has 1 aliphatic heterocycles. The van der Waals surface area contributed by atoms with Crippen molar-refractivity contribution in [3.63, 3.8) is 0 Å². The van der Waals surface area contributed by atoms with Crippen molar-refractivity contribution in [2.24, 2.45) is 7.05 Å². The second-order valence-electron chi connectivity index (χ2n) is 6.96. The van der Waals surface area contributed by atoms with Crippen molar-refractivity contribution >= 4 is 5.69 Å². The fourth-order valence-electron chi connectivity index (χ4n) is 3.87. The first kappa shape index (κ1) is 16.7. The zero-order chi connectivity index (χ0) is 18.3. The van der Waals surface area contributed by atoms with Crippen LogP contribution in [0.5, 0.6) is 5.75 Å². The predicted octanol–water partition coefficient (Wildman–Crippen LogP) is 4.62. The van der Waals surface area contributed by atoms with Gasteiger partial charge in [0.15, 0.2) is 0 Å². The number of nitrogens with zero attached hydrogens (tertiary/aromatic N) is 3. The molecule has 0 amide bonds. The zero-order valence-electron chi connectivity index (χ0n) is 15.9. The highest BCUT2D eigenvalue weighted by atomic mass is 16.5. The molecule has 1 aromatic heterocycles. The van der Waals surface area contributed by atoms with E-state index >= 15 is 0 Å². The molecular weight excluding hydrogens is 322 g/mol. The Morgan fingerprint density at radius 3 is 2.65 bits per heavy atom. The van der Waals surface area contributed by atoms with Crippen LogP contribution >= 0.6 is 0 Å². The van der Waals surface area contributed by atoms with E-state index < -0.39 is 0 Å². The molecule has 4 nitrogen and oxygen atoms in total. The van der Waals surface area contributed by atoms with E-state index in [-0.39, 0.29) is 0 Å². The molecule has 2 aromatic carbocycles. The smallest absolute Gasteiger partial charge is 0.130 e. The molecule has 0 N–H and O–H groups in total. The minimum atomic E-state index is 0.515. The van der Waals surface area contributed by atoms with E-state index in [1.165, 1.54) is 27.9 Å². The summed E-state index contributed by atoms with van der Waals surface area (Å²) in [6.45, 7) is 8.85. The topological polar surface area (TPSA) is 30.3 Å². The lowest BCUT2D eigenvalue weighted by Crippen LogP contribution is -2.27. The van der Waals surface area contributed by atoms with E-state index in [0.29, 0.717) is 6.61 Å². The van der Waals surface area contributed by atoms with E-state index in [0.717, 1.165) is 30.2 Å². The summed E-state index contributed by atoms with van der Waals surface area (Å²) in [4.78, 5) is 2.44. The van der Waals surface area contributed by atoms with Crippen LogP contribution in [0.3, 0.4) is 0 Å². The molecule has 0 aliphatic carbocycles. The van der Waals surface area contributed by atoms with Crippen LogP contribution < -0.4 is 9.64 Å². The van der Waals surface area contributed by atoms with Crippen molar-refractivity contribution in [1.29, 1.82) is 0 Å². The highest BCUT2D eigenvalue weighted by molar-refractivity contribution is 5.89. The van der Waals surface area contributed by atoms with Crippen molar-refractivity contribution < 1.29 is 4.74 Å². The minimum absolute atomic E-state index is 0.515. The van der Waals surface area contributed by atoms with Gasteiger partial charge in [0.05, 0.1) is 17.1 Å². The molecule has 0 unspecified atom stereocenters. The van der Waals surface area contributed by atoms with E-state index in [1.807, 2.05) is 18.7 Å². The number of hydrogen-bond acceptors (Lipinski definition) is 3. The molecule has 0 radical (unpaired) electrons. The number of aryl methyl sites for hydroxylation is 3. The van der Waals surface area contributed by atoms with Crippen LogP contribution in [0, 0.1) is 13.8 Å². The molecule has 26 heavy (non-hydrogen) atoms. The summed E-state index contributed by atoms with van der Waals surface area (Å²) < 4.78 is 8.19. The van der Waals surface area contributed by atoms with Crippen LogP contribution in [0.4, 0.5) is 5.69 Å². The standard InChI is InChI=1S/C22H25N3O/c1-5-25-13-17-8-6-7-9-19(17)21-20(11-10-15(2)22(21)25)26-14-18-12-16(3)23-24(18)4/h6-12H,5,13-14H2,1-4H3. The van der Waals surface area contributed by atoms with Crippen LogP contribution in [-0.4, -0.2) is 16.3 Å². The Morgan fingerprint density at radius 1 is 1.12 bits per heavy atom. The summed E-state index contributed by atoms with van der Waals surface area (Å²) in [7, 11) is 1.96. The van der Waals surface area contributed by atoms with Gasteiger partial charge < -0.3 is 9.64 Å². The number of rotatable bonds is 4. The number of aromatic nitrogens is 2. The highest BCUT2D eigenvalue weighted by Crippen LogP contribution is 2.46. The number of ether oxygens (including phenoxy) is 1. The molecule has 0 spiro atoms. The van der Waals surface area contributed by atoms with Crippen molar-refractivity contribution in [2.45, 2.75) is 33.9 Å². The van der Waals surface area contributed by atoms with Gasteiger partial charge in [0, 0.05) is 25.7 Å². The zero-order valence-corrected chi connectivity index (χ0v) is 15.9. The van der Waals surface area contributed by atoms with Gasteiger partial charge in [0.1, 0.15) is 12.4 Å². The first-order valence-electron chi connectivity index (χ1n) is 9.17. The summed E-state index contributed by atoms with van der Waals surface area (Å²) in [6, 6.07) is 15.0. The Morgan fingerprint density at radius 2 is 1.92 bits per heavy atom. The molecule has 0 fully saturated rings. The number of benzene rings is 2. The van der Waals surface area contributed by atoms with Gasteiger partial charge in [0.25, 0.3) is 0 Å². The van der Waals surface area contributed by atoms with Crippen molar-refractivity contribution in [3.8, 4) is 16.9 Å². The van der Waals surface area contributed by atoms with E-state index in [1.54, 1.807) is 0 Å². The van der Waals surface area contributed by atoms with Gasteiger partial charge in [-0.3, -0.25) is 4.68 Å². The summed E-state index contributed by atoms with van der Waals surface area (Å²) in [5, 5.41) is 4.41. The van der Waals surface area contributed by atoms with E-state index in [4.69, 9.17) is 4.74 Å².